The molecule has 0 radical (unpaired) electrons. The lowest BCUT2D eigenvalue weighted by molar-refractivity contribution is 0.251. The lowest BCUT2D eigenvalue weighted by atomic mass is 9.78. The Labute approximate surface area is 102 Å². The fraction of sp³-hybridized carbons (Fsp3) is 1.00. The summed E-state index contributed by atoms with van der Waals surface area (Å²) in [6.07, 6.45) is 18.3. The summed E-state index contributed by atoms with van der Waals surface area (Å²) in [5.41, 5.74) is 0. The van der Waals surface area contributed by atoms with Crippen molar-refractivity contribution in [1.82, 2.24) is 0 Å². The van der Waals surface area contributed by atoms with E-state index >= 15 is 0 Å². The second-order valence-electron chi connectivity index (χ2n) is 6.57. The Balaban J connectivity index is 1.56. The molecule has 0 bridgehead atoms. The number of hydrogen-bond donors (Lipinski definition) is 0. The summed E-state index contributed by atoms with van der Waals surface area (Å²) >= 11 is 0. The maximum atomic E-state index is 2.45. The summed E-state index contributed by atoms with van der Waals surface area (Å²) in [4.78, 5) is 0. The Bertz CT molecular complexity index is 178. The summed E-state index contributed by atoms with van der Waals surface area (Å²) in [5.74, 6) is 3.22. The van der Waals surface area contributed by atoms with Crippen molar-refractivity contribution in [3.63, 3.8) is 0 Å². The fourth-order valence-electron chi connectivity index (χ4n) is 3.99. The Morgan fingerprint density at radius 3 is 2.19 bits per heavy atom. The summed E-state index contributed by atoms with van der Waals surface area (Å²) < 4.78 is 0. The predicted molar refractivity (Wildman–Crippen MR) is 71.5 cm³/mol. The topological polar surface area (TPSA) is 0 Å². The zero-order valence-electron chi connectivity index (χ0n) is 11.2. The van der Waals surface area contributed by atoms with Crippen molar-refractivity contribution in [3.05, 3.63) is 0 Å². The van der Waals surface area contributed by atoms with Gasteiger partial charge in [-0.2, -0.15) is 0 Å². The average molecular weight is 222 g/mol. The van der Waals surface area contributed by atoms with Crippen LogP contribution in [0.1, 0.15) is 84.0 Å². The van der Waals surface area contributed by atoms with Crippen LogP contribution in [-0.4, -0.2) is 0 Å². The second-order valence-corrected chi connectivity index (χ2v) is 6.57. The molecule has 16 heavy (non-hydrogen) atoms. The summed E-state index contributed by atoms with van der Waals surface area (Å²) in [6.45, 7) is 2.45. The maximum absolute atomic E-state index is 2.45. The van der Waals surface area contributed by atoms with Crippen LogP contribution in [0.25, 0.3) is 0 Å². The molecule has 0 N–H and O–H groups in total. The number of rotatable bonds is 4. The molecule has 2 saturated carbocycles. The largest absolute Gasteiger partial charge is 0.0625 e. The quantitative estimate of drug-likeness (QED) is 0.584. The number of hydrogen-bond acceptors (Lipinski definition) is 0. The van der Waals surface area contributed by atoms with E-state index in [-0.39, 0.29) is 0 Å². The third-order valence-corrected chi connectivity index (χ3v) is 4.99. The third-order valence-electron chi connectivity index (χ3n) is 4.99. The molecule has 2 fully saturated rings. The molecule has 2 aliphatic rings. The summed E-state index contributed by atoms with van der Waals surface area (Å²) in [5, 5.41) is 0. The molecule has 94 valence electrons. The van der Waals surface area contributed by atoms with Crippen molar-refractivity contribution in [2.45, 2.75) is 84.0 Å². The first-order valence-electron chi connectivity index (χ1n) is 7.84. The molecule has 2 unspecified atom stereocenters. The van der Waals surface area contributed by atoms with E-state index in [1.165, 1.54) is 51.4 Å². The monoisotopic (exact) mass is 222 g/mol. The summed E-state index contributed by atoms with van der Waals surface area (Å²) in [7, 11) is 0. The Morgan fingerprint density at radius 1 is 0.750 bits per heavy atom. The molecule has 0 heteroatoms. The van der Waals surface area contributed by atoms with Crippen LogP contribution in [0.5, 0.6) is 0 Å². The first kappa shape index (κ1) is 12.5. The van der Waals surface area contributed by atoms with Gasteiger partial charge in [0.05, 0.1) is 0 Å². The van der Waals surface area contributed by atoms with Crippen LogP contribution < -0.4 is 0 Å². The van der Waals surface area contributed by atoms with E-state index in [0.717, 1.165) is 17.8 Å². The highest BCUT2D eigenvalue weighted by Crippen LogP contribution is 2.33. The molecule has 0 saturated heterocycles. The van der Waals surface area contributed by atoms with Crippen LogP contribution in [0.15, 0.2) is 0 Å². The Morgan fingerprint density at radius 2 is 1.44 bits per heavy atom. The second kappa shape index (κ2) is 6.67. The van der Waals surface area contributed by atoms with Gasteiger partial charge in [-0.3, -0.25) is 0 Å². The van der Waals surface area contributed by atoms with E-state index < -0.39 is 0 Å². The van der Waals surface area contributed by atoms with Gasteiger partial charge in [0.25, 0.3) is 0 Å². The van der Waals surface area contributed by atoms with E-state index in [0.29, 0.717) is 0 Å². The SMILES string of the molecule is CC1CCCC(CCCC2CCCCC2)C1. The van der Waals surface area contributed by atoms with Crippen LogP contribution in [0, 0.1) is 17.8 Å². The minimum atomic E-state index is 1.02. The molecule has 2 aliphatic carbocycles. The molecule has 0 spiro atoms. The molecular formula is C16H30. The van der Waals surface area contributed by atoms with Gasteiger partial charge in [-0.15, -0.1) is 0 Å². The van der Waals surface area contributed by atoms with Crippen LogP contribution in [-0.2, 0) is 0 Å². The van der Waals surface area contributed by atoms with Crippen LogP contribution in [0.2, 0.25) is 0 Å². The highest BCUT2D eigenvalue weighted by molar-refractivity contribution is 4.72. The first-order valence-corrected chi connectivity index (χ1v) is 7.84. The third kappa shape index (κ3) is 4.11. The molecular weight excluding hydrogens is 192 g/mol. The molecule has 0 aromatic rings. The van der Waals surface area contributed by atoms with Crippen molar-refractivity contribution in [2.24, 2.45) is 17.8 Å². The highest BCUT2D eigenvalue weighted by Gasteiger charge is 2.19. The molecule has 0 aliphatic heterocycles. The van der Waals surface area contributed by atoms with Crippen molar-refractivity contribution in [3.8, 4) is 0 Å². The highest BCUT2D eigenvalue weighted by atomic mass is 14.2. The molecule has 0 amide bonds. The average Bonchev–Trinajstić information content (AvgIpc) is 2.30. The molecule has 2 atom stereocenters. The van der Waals surface area contributed by atoms with Gasteiger partial charge < -0.3 is 0 Å². The lowest BCUT2D eigenvalue weighted by Gasteiger charge is -2.27. The zero-order valence-corrected chi connectivity index (χ0v) is 11.2. The minimum Gasteiger partial charge on any atom is -0.0625 e. The lowest BCUT2D eigenvalue weighted by Crippen LogP contribution is -2.14. The normalized spacial score (nSPS) is 32.8. The van der Waals surface area contributed by atoms with Crippen LogP contribution in [0.4, 0.5) is 0 Å². The van der Waals surface area contributed by atoms with Gasteiger partial charge in [-0.25, -0.2) is 0 Å². The maximum Gasteiger partial charge on any atom is -0.0412 e. The molecule has 0 aromatic carbocycles. The first-order chi connectivity index (χ1) is 7.84. The van der Waals surface area contributed by atoms with E-state index in [2.05, 4.69) is 6.92 Å². The predicted octanol–water partition coefficient (Wildman–Crippen LogP) is 5.56. The molecule has 0 nitrogen and oxygen atoms in total. The van der Waals surface area contributed by atoms with E-state index in [4.69, 9.17) is 0 Å². The van der Waals surface area contributed by atoms with E-state index in [1.807, 2.05) is 0 Å². The van der Waals surface area contributed by atoms with Crippen molar-refractivity contribution < 1.29 is 0 Å². The molecule has 0 aromatic heterocycles. The van der Waals surface area contributed by atoms with Gasteiger partial charge in [0.2, 0.25) is 0 Å². The Hall–Kier alpha value is 0. The van der Waals surface area contributed by atoms with Crippen LogP contribution >= 0.6 is 0 Å². The standard InChI is InChI=1S/C16H30/c1-14-7-5-11-16(13-14)12-6-10-15-8-3-2-4-9-15/h14-16H,2-13H2,1H3. The van der Waals surface area contributed by atoms with Crippen molar-refractivity contribution in [1.29, 1.82) is 0 Å². The van der Waals surface area contributed by atoms with Crippen molar-refractivity contribution in [2.75, 3.05) is 0 Å². The van der Waals surface area contributed by atoms with Gasteiger partial charge in [0, 0.05) is 0 Å². The van der Waals surface area contributed by atoms with Gasteiger partial charge in [-0.05, 0) is 24.2 Å². The fourth-order valence-corrected chi connectivity index (χ4v) is 3.99. The Kier molecular flexibility index (Phi) is 5.19. The van der Waals surface area contributed by atoms with Gasteiger partial charge in [0.15, 0.2) is 0 Å². The van der Waals surface area contributed by atoms with Gasteiger partial charge in [0.1, 0.15) is 0 Å². The van der Waals surface area contributed by atoms with Gasteiger partial charge >= 0.3 is 0 Å². The van der Waals surface area contributed by atoms with Gasteiger partial charge in [-0.1, -0.05) is 77.6 Å². The van der Waals surface area contributed by atoms with E-state index in [9.17, 15) is 0 Å². The molecule has 0 heterocycles. The van der Waals surface area contributed by atoms with Crippen molar-refractivity contribution >= 4 is 0 Å². The zero-order chi connectivity index (χ0) is 11.2. The summed E-state index contributed by atoms with van der Waals surface area (Å²) in [6, 6.07) is 0. The van der Waals surface area contributed by atoms with E-state index in [1.54, 1.807) is 25.7 Å². The smallest absolute Gasteiger partial charge is 0.0412 e. The minimum absolute atomic E-state index is 1.02. The molecule has 2 rings (SSSR count). The van der Waals surface area contributed by atoms with Crippen LogP contribution in [0.3, 0.4) is 0 Å².